The van der Waals surface area contributed by atoms with E-state index in [-0.39, 0.29) is 22.6 Å². The second-order valence-corrected chi connectivity index (χ2v) is 9.67. The lowest BCUT2D eigenvalue weighted by Crippen LogP contribution is -2.37. The maximum Gasteiger partial charge on any atom is 0.387 e. The maximum atomic E-state index is 12.7. The van der Waals surface area contributed by atoms with Gasteiger partial charge in [0.15, 0.2) is 0 Å². The number of sulfonamides is 1. The van der Waals surface area contributed by atoms with Gasteiger partial charge in [0.2, 0.25) is 10.0 Å². The van der Waals surface area contributed by atoms with Gasteiger partial charge in [0.05, 0.1) is 29.4 Å². The van der Waals surface area contributed by atoms with Crippen molar-refractivity contribution in [1.29, 1.82) is 5.26 Å². The van der Waals surface area contributed by atoms with Crippen molar-refractivity contribution < 1.29 is 30.7 Å². The van der Waals surface area contributed by atoms with E-state index >= 15 is 0 Å². The van der Waals surface area contributed by atoms with Crippen LogP contribution in [0.15, 0.2) is 47.5 Å². The lowest BCUT2D eigenvalue weighted by Gasteiger charge is -2.34. The fourth-order valence-electron chi connectivity index (χ4n) is 3.97. The molecule has 1 aliphatic carbocycles. The van der Waals surface area contributed by atoms with Crippen LogP contribution in [-0.4, -0.2) is 44.0 Å². The number of fused-ring (bicyclic) bond motifs is 1. The number of alkyl halides is 4. The summed E-state index contributed by atoms with van der Waals surface area (Å²) in [5, 5.41) is 9.77. The molecule has 0 unspecified atom stereocenters. The van der Waals surface area contributed by atoms with Gasteiger partial charge in [-0.3, -0.25) is 4.98 Å². The smallest absolute Gasteiger partial charge is 0.387 e. The van der Waals surface area contributed by atoms with E-state index in [2.05, 4.69) is 15.8 Å². The van der Waals surface area contributed by atoms with Crippen LogP contribution >= 0.6 is 0 Å². The van der Waals surface area contributed by atoms with Crippen LogP contribution in [0, 0.1) is 17.2 Å². The average Bonchev–Trinajstić information content (AvgIpc) is 3.15. The highest BCUT2D eigenvalue weighted by Crippen LogP contribution is 2.43. The molecule has 0 radical (unpaired) electrons. The van der Waals surface area contributed by atoms with E-state index in [1.807, 2.05) is 9.29 Å². The number of nitrogens with zero attached hydrogens (tertiary/aromatic N) is 3. The van der Waals surface area contributed by atoms with Crippen LogP contribution in [0.25, 0.3) is 22.3 Å². The molecule has 0 aliphatic heterocycles. The Balaban J connectivity index is 1.72. The lowest BCUT2D eigenvalue weighted by molar-refractivity contribution is -0.0497. The molecule has 0 saturated heterocycles. The van der Waals surface area contributed by atoms with E-state index < -0.39 is 36.0 Å². The Bertz CT molecular complexity index is 1310. The van der Waals surface area contributed by atoms with Crippen LogP contribution in [-0.2, 0) is 10.0 Å². The number of nitrogens with one attached hydrogen (secondary N) is 1. The number of nitriles is 1. The van der Waals surface area contributed by atoms with Gasteiger partial charge >= 0.3 is 6.61 Å². The highest BCUT2D eigenvalue weighted by Gasteiger charge is 2.33. The average molecular weight is 496 g/mol. The van der Waals surface area contributed by atoms with Crippen LogP contribution in [0.2, 0.25) is 0 Å². The highest BCUT2D eigenvalue weighted by molar-refractivity contribution is 7.89. The molecule has 1 N–H and O–H groups in total. The van der Waals surface area contributed by atoms with Crippen molar-refractivity contribution in [2.45, 2.75) is 36.4 Å². The Hall–Kier alpha value is -3.17. The molecule has 7 nitrogen and oxygen atoms in total. The van der Waals surface area contributed by atoms with E-state index in [1.54, 1.807) is 12.1 Å². The Morgan fingerprint density at radius 1 is 1.18 bits per heavy atom. The first-order valence-corrected chi connectivity index (χ1v) is 11.8. The van der Waals surface area contributed by atoms with Crippen molar-refractivity contribution in [3.63, 3.8) is 0 Å². The van der Waals surface area contributed by atoms with Crippen molar-refractivity contribution in [2.24, 2.45) is 5.92 Å². The zero-order valence-corrected chi connectivity index (χ0v) is 18.5. The molecule has 3 aromatic rings. The molecule has 1 aromatic carbocycles. The molecule has 1 fully saturated rings. The van der Waals surface area contributed by atoms with Gasteiger partial charge < -0.3 is 9.30 Å². The topological polar surface area (TPSA) is 97.0 Å². The number of hydrogen-bond donors (Lipinski definition) is 1. The summed E-state index contributed by atoms with van der Waals surface area (Å²) in [6.07, 6.45) is 2.29. The standard InChI is InChI=1S/C22H20F4N4O3S/c23-9-15(10-24)29-34(31,32)18-2-3-19(28-12-18)21-8-14-7-17(33-22(25)26)1-4-20(14)30(21)16-5-13(6-16)11-27/h1-4,7-8,12-13,15-16,22,29H,5-6,9-10H2. The fraction of sp³-hybridized carbons (Fsp3) is 0.364. The molecule has 2 aromatic heterocycles. The Kier molecular flexibility index (Phi) is 6.77. The third-order valence-corrected chi connectivity index (χ3v) is 7.21. The summed E-state index contributed by atoms with van der Waals surface area (Å²) < 4.78 is 83.9. The predicted octanol–water partition coefficient (Wildman–Crippen LogP) is 4.37. The summed E-state index contributed by atoms with van der Waals surface area (Å²) >= 11 is 0. The molecule has 2 heterocycles. The van der Waals surface area contributed by atoms with Gasteiger partial charge in [-0.25, -0.2) is 21.9 Å². The van der Waals surface area contributed by atoms with Crippen LogP contribution in [0.4, 0.5) is 17.6 Å². The molecular weight excluding hydrogens is 476 g/mol. The molecule has 0 amide bonds. The SMILES string of the molecule is N#CC1CC(n2c(-c3ccc(S(=O)(=O)NC(CF)CF)cn3)cc3cc(OC(F)F)ccc32)C1. The third-order valence-electron chi connectivity index (χ3n) is 5.70. The van der Waals surface area contributed by atoms with Crippen LogP contribution < -0.4 is 9.46 Å². The maximum absolute atomic E-state index is 12.7. The minimum Gasteiger partial charge on any atom is -0.435 e. The van der Waals surface area contributed by atoms with E-state index in [4.69, 9.17) is 5.26 Å². The third kappa shape index (κ3) is 4.71. The van der Waals surface area contributed by atoms with Crippen molar-refractivity contribution in [3.8, 4) is 23.2 Å². The minimum atomic E-state index is -4.18. The van der Waals surface area contributed by atoms with Gasteiger partial charge in [-0.05, 0) is 49.2 Å². The van der Waals surface area contributed by atoms with Crippen LogP contribution in [0.1, 0.15) is 18.9 Å². The largest absolute Gasteiger partial charge is 0.435 e. The highest BCUT2D eigenvalue weighted by atomic mass is 32.2. The van der Waals surface area contributed by atoms with Gasteiger partial charge in [-0.1, -0.05) is 0 Å². The molecule has 12 heteroatoms. The summed E-state index contributed by atoms with van der Waals surface area (Å²) in [5.41, 5.74) is 1.74. The molecule has 1 saturated carbocycles. The normalized spacial score (nSPS) is 18.3. The van der Waals surface area contributed by atoms with Gasteiger partial charge in [0, 0.05) is 23.1 Å². The van der Waals surface area contributed by atoms with E-state index in [0.29, 0.717) is 29.6 Å². The predicted molar refractivity (Wildman–Crippen MR) is 115 cm³/mol. The number of ether oxygens (including phenoxy) is 1. The minimum absolute atomic E-state index is 0.00883. The van der Waals surface area contributed by atoms with Crippen molar-refractivity contribution in [2.75, 3.05) is 13.3 Å². The number of rotatable bonds is 9. The van der Waals surface area contributed by atoms with E-state index in [1.165, 1.54) is 24.3 Å². The molecular formula is C22H20F4N4O3S. The molecule has 180 valence electrons. The second kappa shape index (κ2) is 9.60. The van der Waals surface area contributed by atoms with Gasteiger partial charge in [0.25, 0.3) is 0 Å². The Morgan fingerprint density at radius 2 is 1.91 bits per heavy atom. The second-order valence-electron chi connectivity index (χ2n) is 7.96. The number of benzene rings is 1. The molecule has 0 bridgehead atoms. The van der Waals surface area contributed by atoms with Crippen molar-refractivity contribution in [1.82, 2.24) is 14.3 Å². The summed E-state index contributed by atoms with van der Waals surface area (Å²) in [6.45, 7) is -5.35. The van der Waals surface area contributed by atoms with E-state index in [0.717, 1.165) is 11.7 Å². The zero-order chi connectivity index (χ0) is 24.5. The van der Waals surface area contributed by atoms with E-state index in [9.17, 15) is 26.0 Å². The van der Waals surface area contributed by atoms with Crippen molar-refractivity contribution >= 4 is 20.9 Å². The van der Waals surface area contributed by atoms with Gasteiger partial charge in [-0.15, -0.1) is 0 Å². The molecule has 1 aliphatic rings. The molecule has 0 atom stereocenters. The summed E-state index contributed by atoms with van der Waals surface area (Å²) in [6, 6.07) is 9.70. The molecule has 34 heavy (non-hydrogen) atoms. The Labute approximate surface area is 193 Å². The number of hydrogen-bond acceptors (Lipinski definition) is 5. The zero-order valence-electron chi connectivity index (χ0n) is 17.7. The first-order valence-electron chi connectivity index (χ1n) is 10.4. The molecule has 4 rings (SSSR count). The number of pyridine rings is 1. The van der Waals surface area contributed by atoms with Gasteiger partial charge in [0.1, 0.15) is 24.0 Å². The van der Waals surface area contributed by atoms with Gasteiger partial charge in [-0.2, -0.15) is 14.0 Å². The first kappa shape index (κ1) is 24.0. The summed E-state index contributed by atoms with van der Waals surface area (Å²) in [5.74, 6) is -0.104. The molecule has 0 spiro atoms. The quantitative estimate of drug-likeness (QED) is 0.444. The Morgan fingerprint density at radius 3 is 2.50 bits per heavy atom. The summed E-state index contributed by atoms with van der Waals surface area (Å²) in [7, 11) is -4.18. The van der Waals surface area contributed by atoms with Crippen LogP contribution in [0.3, 0.4) is 0 Å². The summed E-state index contributed by atoms with van der Waals surface area (Å²) in [4.78, 5) is 3.98. The monoisotopic (exact) mass is 496 g/mol. The first-order chi connectivity index (χ1) is 16.2. The van der Waals surface area contributed by atoms with Crippen LogP contribution in [0.5, 0.6) is 5.75 Å². The van der Waals surface area contributed by atoms with Crippen molar-refractivity contribution in [3.05, 3.63) is 42.6 Å². The fourth-order valence-corrected chi connectivity index (χ4v) is 5.11. The number of aromatic nitrogens is 2. The lowest BCUT2D eigenvalue weighted by atomic mass is 9.81. The number of halogens is 4.